The largest absolute Gasteiger partial charge is 0.465 e. The highest BCUT2D eigenvalue weighted by atomic mass is 32.2. The highest BCUT2D eigenvalue weighted by molar-refractivity contribution is 8.00. The van der Waals surface area contributed by atoms with Crippen LogP contribution in [0.25, 0.3) is 0 Å². The summed E-state index contributed by atoms with van der Waals surface area (Å²) in [6.45, 7) is -0.237. The Hall–Kier alpha value is -1.72. The zero-order valence-corrected chi connectivity index (χ0v) is 10.6. The second-order valence-electron chi connectivity index (χ2n) is 3.32. The number of nitriles is 1. The SMILES string of the molecule is COC(=O)c1ccc(SC(F)(F)F)c(C#N)c1CN. The molecule has 0 heterocycles. The number of esters is 1. The molecule has 8 heteroatoms. The van der Waals surface area contributed by atoms with Gasteiger partial charge in [-0.05, 0) is 29.5 Å². The number of methoxy groups -OCH3 is 1. The summed E-state index contributed by atoms with van der Waals surface area (Å²) in [5.41, 5.74) is 0.661. The van der Waals surface area contributed by atoms with Gasteiger partial charge in [-0.2, -0.15) is 18.4 Å². The second kappa shape index (κ2) is 5.95. The van der Waals surface area contributed by atoms with Crippen LogP contribution < -0.4 is 5.73 Å². The lowest BCUT2D eigenvalue weighted by molar-refractivity contribution is -0.0328. The molecule has 0 aromatic heterocycles. The maximum Gasteiger partial charge on any atom is 0.446 e. The number of carbonyl (C=O) groups is 1. The van der Waals surface area contributed by atoms with Crippen molar-refractivity contribution in [1.82, 2.24) is 0 Å². The van der Waals surface area contributed by atoms with Gasteiger partial charge in [-0.25, -0.2) is 4.79 Å². The molecular weight excluding hydrogens is 281 g/mol. The van der Waals surface area contributed by atoms with Crippen LogP contribution in [0.15, 0.2) is 17.0 Å². The van der Waals surface area contributed by atoms with Crippen molar-refractivity contribution in [2.24, 2.45) is 5.73 Å². The van der Waals surface area contributed by atoms with Gasteiger partial charge in [0.1, 0.15) is 6.07 Å². The first-order chi connectivity index (χ1) is 8.84. The van der Waals surface area contributed by atoms with E-state index in [1.165, 1.54) is 6.07 Å². The van der Waals surface area contributed by atoms with Crippen molar-refractivity contribution in [2.45, 2.75) is 16.9 Å². The number of thioether (sulfide) groups is 1. The van der Waals surface area contributed by atoms with Gasteiger partial charge in [-0.3, -0.25) is 0 Å². The van der Waals surface area contributed by atoms with Crippen molar-refractivity contribution in [1.29, 1.82) is 5.26 Å². The van der Waals surface area contributed by atoms with E-state index in [4.69, 9.17) is 11.0 Å². The summed E-state index contributed by atoms with van der Waals surface area (Å²) in [5, 5.41) is 8.97. The van der Waals surface area contributed by atoms with Crippen molar-refractivity contribution in [3.8, 4) is 6.07 Å². The third kappa shape index (κ3) is 3.62. The van der Waals surface area contributed by atoms with E-state index in [1.54, 1.807) is 6.07 Å². The van der Waals surface area contributed by atoms with Gasteiger partial charge in [0.25, 0.3) is 0 Å². The van der Waals surface area contributed by atoms with Gasteiger partial charge in [-0.1, -0.05) is 0 Å². The first-order valence-corrected chi connectivity index (χ1v) is 5.75. The Labute approximate surface area is 111 Å². The maximum absolute atomic E-state index is 12.3. The first kappa shape index (κ1) is 15.3. The summed E-state index contributed by atoms with van der Waals surface area (Å²) in [5.74, 6) is -0.750. The highest BCUT2D eigenvalue weighted by Gasteiger charge is 2.31. The third-order valence-corrected chi connectivity index (χ3v) is 3.01. The van der Waals surface area contributed by atoms with Gasteiger partial charge in [0.05, 0.1) is 18.2 Å². The number of halogens is 3. The van der Waals surface area contributed by atoms with E-state index in [0.29, 0.717) is 0 Å². The minimum atomic E-state index is -4.52. The van der Waals surface area contributed by atoms with E-state index in [9.17, 15) is 18.0 Å². The molecule has 0 radical (unpaired) electrons. The lowest BCUT2D eigenvalue weighted by Crippen LogP contribution is -2.12. The molecule has 0 bridgehead atoms. The van der Waals surface area contributed by atoms with E-state index in [2.05, 4.69) is 4.74 Å². The summed E-state index contributed by atoms with van der Waals surface area (Å²) in [6.07, 6.45) is 0. The normalized spacial score (nSPS) is 10.9. The Morgan fingerprint density at radius 1 is 1.53 bits per heavy atom. The molecule has 0 aliphatic heterocycles. The number of hydrogen-bond acceptors (Lipinski definition) is 5. The quantitative estimate of drug-likeness (QED) is 0.683. The molecule has 19 heavy (non-hydrogen) atoms. The first-order valence-electron chi connectivity index (χ1n) is 4.94. The lowest BCUT2D eigenvalue weighted by atomic mass is 10.0. The highest BCUT2D eigenvalue weighted by Crippen LogP contribution is 2.39. The van der Waals surface area contributed by atoms with E-state index in [-0.39, 0.29) is 28.1 Å². The van der Waals surface area contributed by atoms with Gasteiger partial charge < -0.3 is 10.5 Å². The number of carbonyl (C=O) groups excluding carboxylic acids is 1. The predicted octanol–water partition coefficient (Wildman–Crippen LogP) is 2.42. The van der Waals surface area contributed by atoms with Gasteiger partial charge >= 0.3 is 11.5 Å². The summed E-state index contributed by atoms with van der Waals surface area (Å²) in [7, 11) is 1.13. The molecule has 0 atom stereocenters. The second-order valence-corrected chi connectivity index (χ2v) is 4.43. The van der Waals surface area contributed by atoms with Crippen molar-refractivity contribution in [3.63, 3.8) is 0 Å². The maximum atomic E-state index is 12.3. The zero-order valence-electron chi connectivity index (χ0n) is 9.75. The molecule has 0 fully saturated rings. The fourth-order valence-electron chi connectivity index (χ4n) is 1.47. The van der Waals surface area contributed by atoms with Crippen LogP contribution in [0.4, 0.5) is 13.2 Å². The number of alkyl halides is 3. The molecule has 1 aromatic rings. The van der Waals surface area contributed by atoms with Crippen molar-refractivity contribution >= 4 is 17.7 Å². The molecule has 1 aromatic carbocycles. The monoisotopic (exact) mass is 290 g/mol. The molecule has 0 aliphatic carbocycles. The van der Waals surface area contributed by atoms with Crippen molar-refractivity contribution in [2.75, 3.05) is 7.11 Å². The summed E-state index contributed by atoms with van der Waals surface area (Å²) < 4.78 is 41.5. The van der Waals surface area contributed by atoms with Crippen molar-refractivity contribution < 1.29 is 22.7 Å². The minimum absolute atomic E-state index is 0.00641. The number of benzene rings is 1. The molecule has 0 aliphatic rings. The van der Waals surface area contributed by atoms with E-state index in [1.807, 2.05) is 0 Å². The molecule has 2 N–H and O–H groups in total. The smallest absolute Gasteiger partial charge is 0.446 e. The van der Waals surface area contributed by atoms with E-state index >= 15 is 0 Å². The molecule has 102 valence electrons. The number of nitrogens with zero attached hydrogens (tertiary/aromatic N) is 1. The Kier molecular flexibility index (Phi) is 4.80. The molecule has 0 unspecified atom stereocenters. The average molecular weight is 290 g/mol. The summed E-state index contributed by atoms with van der Waals surface area (Å²) in [4.78, 5) is 11.2. The fourth-order valence-corrected chi connectivity index (χ4v) is 2.13. The van der Waals surface area contributed by atoms with Crippen LogP contribution in [0, 0.1) is 11.3 Å². The van der Waals surface area contributed by atoms with Crippen LogP contribution in [0.3, 0.4) is 0 Å². The summed E-state index contributed by atoms with van der Waals surface area (Å²) >= 11 is -0.421. The van der Waals surface area contributed by atoms with Crippen LogP contribution in [0.2, 0.25) is 0 Å². The predicted molar refractivity (Wildman–Crippen MR) is 62.3 cm³/mol. The fraction of sp³-hybridized carbons (Fsp3) is 0.273. The van der Waals surface area contributed by atoms with Gasteiger partial charge in [0, 0.05) is 11.4 Å². The number of nitrogens with two attached hydrogens (primary N) is 1. The number of rotatable bonds is 3. The van der Waals surface area contributed by atoms with Crippen LogP contribution >= 0.6 is 11.8 Å². The Morgan fingerprint density at radius 3 is 2.58 bits per heavy atom. The zero-order chi connectivity index (χ0) is 14.6. The molecule has 0 saturated carbocycles. The van der Waals surface area contributed by atoms with Crippen LogP contribution in [-0.2, 0) is 11.3 Å². The Bertz CT molecular complexity index is 538. The molecule has 0 spiro atoms. The van der Waals surface area contributed by atoms with Crippen LogP contribution in [-0.4, -0.2) is 18.6 Å². The Morgan fingerprint density at radius 2 is 2.16 bits per heavy atom. The molecule has 0 amide bonds. The van der Waals surface area contributed by atoms with Crippen molar-refractivity contribution in [3.05, 3.63) is 28.8 Å². The van der Waals surface area contributed by atoms with Gasteiger partial charge in [0.15, 0.2) is 0 Å². The van der Waals surface area contributed by atoms with Crippen LogP contribution in [0.1, 0.15) is 21.5 Å². The minimum Gasteiger partial charge on any atom is -0.465 e. The Balaban J connectivity index is 3.40. The van der Waals surface area contributed by atoms with E-state index in [0.717, 1.165) is 13.2 Å². The van der Waals surface area contributed by atoms with E-state index < -0.39 is 23.2 Å². The molecule has 0 saturated heterocycles. The number of ether oxygens (including phenoxy) is 1. The third-order valence-electron chi connectivity index (χ3n) is 2.22. The average Bonchev–Trinajstić information content (AvgIpc) is 2.35. The van der Waals surface area contributed by atoms with Gasteiger partial charge in [-0.15, -0.1) is 0 Å². The van der Waals surface area contributed by atoms with Crippen LogP contribution in [0.5, 0.6) is 0 Å². The molecule has 1 rings (SSSR count). The number of hydrogen-bond donors (Lipinski definition) is 1. The summed E-state index contributed by atoms with van der Waals surface area (Å²) in [6, 6.07) is 3.88. The van der Waals surface area contributed by atoms with Gasteiger partial charge in [0.2, 0.25) is 0 Å². The molecule has 4 nitrogen and oxygen atoms in total. The standard InChI is InChI=1S/C11H9F3N2O2S/c1-18-10(17)6-2-3-9(19-11(12,13)14)8(5-16)7(6)4-15/h2-3H,4,15H2,1H3. The lowest BCUT2D eigenvalue weighted by Gasteiger charge is -2.13. The topological polar surface area (TPSA) is 76.1 Å². The molecular formula is C11H9F3N2O2S.